The Morgan fingerprint density at radius 3 is 2.75 bits per heavy atom. The molecule has 144 valence electrons. The molecule has 7 nitrogen and oxygen atoms in total. The summed E-state index contributed by atoms with van der Waals surface area (Å²) in [5.74, 6) is -1.14. The van der Waals surface area contributed by atoms with Gasteiger partial charge in [-0.2, -0.15) is 5.10 Å². The Hall–Kier alpha value is -3.20. The lowest BCUT2D eigenvalue weighted by Gasteiger charge is -2.18. The van der Waals surface area contributed by atoms with Gasteiger partial charge in [0.25, 0.3) is 10.0 Å². The topological polar surface area (TPSA) is 93.1 Å². The van der Waals surface area contributed by atoms with Crippen molar-refractivity contribution in [2.45, 2.75) is 24.7 Å². The van der Waals surface area contributed by atoms with E-state index in [2.05, 4.69) is 15.1 Å². The van der Waals surface area contributed by atoms with Gasteiger partial charge in [0.1, 0.15) is 10.7 Å². The highest BCUT2D eigenvalue weighted by molar-refractivity contribution is 7.92. The van der Waals surface area contributed by atoms with Gasteiger partial charge in [0.2, 0.25) is 5.91 Å². The van der Waals surface area contributed by atoms with Crippen molar-refractivity contribution in [1.29, 1.82) is 0 Å². The molecule has 0 atom stereocenters. The number of rotatable bonds is 4. The van der Waals surface area contributed by atoms with Crippen LogP contribution in [-0.4, -0.2) is 24.1 Å². The second-order valence-electron chi connectivity index (χ2n) is 6.53. The average Bonchev–Trinajstić information content (AvgIpc) is 3.06. The molecular weight excluding hydrogens is 383 g/mol. The zero-order valence-corrected chi connectivity index (χ0v) is 15.8. The molecule has 2 aromatic carbocycles. The fourth-order valence-corrected chi connectivity index (χ4v) is 4.30. The molecule has 2 N–H and O–H groups in total. The highest BCUT2D eigenvalue weighted by atomic mass is 32.2. The largest absolute Gasteiger partial charge is 0.326 e. The van der Waals surface area contributed by atoms with E-state index in [1.165, 1.54) is 6.07 Å². The van der Waals surface area contributed by atoms with Gasteiger partial charge in [-0.05, 0) is 55.3 Å². The first-order chi connectivity index (χ1) is 13.3. The van der Waals surface area contributed by atoms with Crippen LogP contribution in [0.15, 0.2) is 53.6 Å². The standard InChI is InChI=1S/C19H17FN4O3S/c1-12-7-8-21-24(12)15-4-2-3-14(10-15)23-28(26,27)18-9-13-5-6-19(25)22-17(13)11-16(18)20/h2-4,7-11,23H,5-6H2,1H3,(H,22,25). The van der Waals surface area contributed by atoms with Gasteiger partial charge in [-0.25, -0.2) is 17.5 Å². The number of hydrogen-bond acceptors (Lipinski definition) is 4. The lowest BCUT2D eigenvalue weighted by Crippen LogP contribution is -2.21. The summed E-state index contributed by atoms with van der Waals surface area (Å²) in [6, 6.07) is 10.8. The molecule has 28 heavy (non-hydrogen) atoms. The van der Waals surface area contributed by atoms with Crippen molar-refractivity contribution >= 4 is 27.3 Å². The van der Waals surface area contributed by atoms with E-state index in [-0.39, 0.29) is 18.0 Å². The zero-order chi connectivity index (χ0) is 19.9. The minimum Gasteiger partial charge on any atom is -0.326 e. The summed E-state index contributed by atoms with van der Waals surface area (Å²) in [5.41, 5.74) is 2.75. The molecule has 1 aromatic heterocycles. The number of nitrogens with one attached hydrogen (secondary N) is 2. The van der Waals surface area contributed by atoms with E-state index in [1.807, 2.05) is 13.0 Å². The van der Waals surface area contributed by atoms with E-state index < -0.39 is 20.7 Å². The highest BCUT2D eigenvalue weighted by Gasteiger charge is 2.24. The fourth-order valence-electron chi connectivity index (χ4n) is 3.14. The van der Waals surface area contributed by atoms with E-state index in [0.717, 1.165) is 11.8 Å². The number of halogens is 1. The lowest BCUT2D eigenvalue weighted by molar-refractivity contribution is -0.116. The monoisotopic (exact) mass is 400 g/mol. The van der Waals surface area contributed by atoms with E-state index >= 15 is 0 Å². The molecule has 0 aliphatic carbocycles. The molecule has 2 heterocycles. The van der Waals surface area contributed by atoms with Crippen molar-refractivity contribution in [1.82, 2.24) is 9.78 Å². The van der Waals surface area contributed by atoms with Crippen LogP contribution in [0.5, 0.6) is 0 Å². The minimum absolute atomic E-state index is 0.216. The lowest BCUT2D eigenvalue weighted by atomic mass is 10.0. The van der Waals surface area contributed by atoms with Crippen molar-refractivity contribution in [3.8, 4) is 5.69 Å². The molecule has 0 unspecified atom stereocenters. The van der Waals surface area contributed by atoms with Gasteiger partial charge in [-0.3, -0.25) is 9.52 Å². The van der Waals surface area contributed by atoms with Crippen LogP contribution in [0.2, 0.25) is 0 Å². The van der Waals surface area contributed by atoms with E-state index in [0.29, 0.717) is 23.4 Å². The Morgan fingerprint density at radius 1 is 1.18 bits per heavy atom. The Morgan fingerprint density at radius 2 is 2.00 bits per heavy atom. The molecule has 0 saturated carbocycles. The number of benzene rings is 2. The number of aryl methyl sites for hydroxylation is 2. The number of aromatic nitrogens is 2. The van der Waals surface area contributed by atoms with E-state index in [1.54, 1.807) is 35.1 Å². The van der Waals surface area contributed by atoms with Crippen molar-refractivity contribution in [3.63, 3.8) is 0 Å². The summed E-state index contributed by atoms with van der Waals surface area (Å²) in [6.45, 7) is 1.88. The maximum atomic E-state index is 14.5. The molecule has 1 aliphatic heterocycles. The Bertz CT molecular complexity index is 1190. The van der Waals surface area contributed by atoms with Crippen LogP contribution in [0.4, 0.5) is 15.8 Å². The van der Waals surface area contributed by atoms with Crippen LogP contribution < -0.4 is 10.0 Å². The number of hydrogen-bond donors (Lipinski definition) is 2. The molecule has 3 aromatic rings. The van der Waals surface area contributed by atoms with Gasteiger partial charge in [0, 0.05) is 24.0 Å². The molecule has 0 radical (unpaired) electrons. The summed E-state index contributed by atoms with van der Waals surface area (Å²) in [5, 5.41) is 6.75. The van der Waals surface area contributed by atoms with Crippen LogP contribution in [-0.2, 0) is 21.2 Å². The van der Waals surface area contributed by atoms with Crippen LogP contribution in [0.3, 0.4) is 0 Å². The van der Waals surface area contributed by atoms with Crippen molar-refractivity contribution in [3.05, 3.63) is 65.7 Å². The molecule has 4 rings (SSSR count). The van der Waals surface area contributed by atoms with Crippen molar-refractivity contribution in [2.24, 2.45) is 0 Å². The summed E-state index contributed by atoms with van der Waals surface area (Å²) in [6.07, 6.45) is 2.24. The second kappa shape index (κ2) is 6.75. The number of sulfonamides is 1. The third-order valence-corrected chi connectivity index (χ3v) is 5.91. The third kappa shape index (κ3) is 3.36. The molecule has 0 bridgehead atoms. The molecule has 0 saturated heterocycles. The molecule has 0 spiro atoms. The van der Waals surface area contributed by atoms with Gasteiger partial charge in [0.15, 0.2) is 0 Å². The maximum absolute atomic E-state index is 14.5. The van der Waals surface area contributed by atoms with Gasteiger partial charge in [0.05, 0.1) is 11.4 Å². The molecule has 9 heteroatoms. The number of fused-ring (bicyclic) bond motifs is 1. The molecular formula is C19H17FN4O3S. The number of carbonyl (C=O) groups excluding carboxylic acids is 1. The highest BCUT2D eigenvalue weighted by Crippen LogP contribution is 2.29. The van der Waals surface area contributed by atoms with Crippen molar-refractivity contribution < 1.29 is 17.6 Å². The normalized spacial score (nSPS) is 13.7. The predicted molar refractivity (Wildman–Crippen MR) is 102 cm³/mol. The summed E-state index contributed by atoms with van der Waals surface area (Å²) >= 11 is 0. The minimum atomic E-state index is -4.15. The molecule has 1 amide bonds. The first-order valence-corrected chi connectivity index (χ1v) is 10.1. The van der Waals surface area contributed by atoms with Crippen LogP contribution in [0.1, 0.15) is 17.7 Å². The number of carbonyl (C=O) groups is 1. The first kappa shape index (κ1) is 18.2. The molecule has 0 fully saturated rings. The summed E-state index contributed by atoms with van der Waals surface area (Å²) in [4.78, 5) is 11.0. The SMILES string of the molecule is Cc1ccnn1-c1cccc(NS(=O)(=O)c2cc3c(cc2F)NC(=O)CC3)c1. The van der Waals surface area contributed by atoms with E-state index in [4.69, 9.17) is 0 Å². The molecule has 1 aliphatic rings. The van der Waals surface area contributed by atoms with Crippen LogP contribution >= 0.6 is 0 Å². The van der Waals surface area contributed by atoms with Gasteiger partial charge in [-0.1, -0.05) is 6.07 Å². The van der Waals surface area contributed by atoms with E-state index in [9.17, 15) is 17.6 Å². The van der Waals surface area contributed by atoms with Gasteiger partial charge < -0.3 is 5.32 Å². The van der Waals surface area contributed by atoms with Crippen LogP contribution in [0.25, 0.3) is 5.69 Å². The van der Waals surface area contributed by atoms with Crippen LogP contribution in [0, 0.1) is 12.7 Å². The average molecular weight is 400 g/mol. The van der Waals surface area contributed by atoms with Gasteiger partial charge >= 0.3 is 0 Å². The number of amides is 1. The second-order valence-corrected chi connectivity index (χ2v) is 8.18. The Balaban J connectivity index is 1.67. The summed E-state index contributed by atoms with van der Waals surface area (Å²) < 4.78 is 44.1. The summed E-state index contributed by atoms with van der Waals surface area (Å²) in [7, 11) is -4.15. The maximum Gasteiger partial charge on any atom is 0.264 e. The zero-order valence-electron chi connectivity index (χ0n) is 14.9. The van der Waals surface area contributed by atoms with Crippen molar-refractivity contribution in [2.75, 3.05) is 10.0 Å². The smallest absolute Gasteiger partial charge is 0.264 e. The first-order valence-electron chi connectivity index (χ1n) is 8.60. The fraction of sp³-hybridized carbons (Fsp3) is 0.158. The number of anilines is 2. The number of nitrogens with zero attached hydrogens (tertiary/aromatic N) is 2. The predicted octanol–water partition coefficient (Wildman–Crippen LogP) is 3.01. The van der Waals surface area contributed by atoms with Gasteiger partial charge in [-0.15, -0.1) is 0 Å². The Labute approximate surface area is 161 Å². The Kier molecular flexibility index (Phi) is 4.38. The quantitative estimate of drug-likeness (QED) is 0.704. The third-order valence-electron chi connectivity index (χ3n) is 4.52.